The number of sulfonamides is 1. The standard InChI is InChI=1S/C13H18N2O3S/c1-19(17,18)14-12-8-4-3-7-11(12)13(16)15-9-5-2-6-10-15/h3-4,7-8,14H,2,5-6,9-10H2,1H3. The third kappa shape index (κ3) is 3.70. The van der Waals surface area contributed by atoms with E-state index in [0.29, 0.717) is 11.3 Å². The largest absolute Gasteiger partial charge is 0.339 e. The molecule has 0 radical (unpaired) electrons. The summed E-state index contributed by atoms with van der Waals surface area (Å²) in [6, 6.07) is 6.72. The zero-order valence-corrected chi connectivity index (χ0v) is 11.7. The quantitative estimate of drug-likeness (QED) is 0.917. The molecule has 104 valence electrons. The Bertz CT molecular complexity index is 563. The molecule has 0 saturated carbocycles. The molecular weight excluding hydrogens is 264 g/mol. The lowest BCUT2D eigenvalue weighted by Gasteiger charge is -2.27. The van der Waals surface area contributed by atoms with E-state index in [1.54, 1.807) is 29.2 Å². The number of para-hydroxylation sites is 1. The molecule has 5 nitrogen and oxygen atoms in total. The van der Waals surface area contributed by atoms with Gasteiger partial charge in [0, 0.05) is 13.1 Å². The van der Waals surface area contributed by atoms with E-state index in [1.165, 1.54) is 0 Å². The molecule has 1 aliphatic rings. The lowest BCUT2D eigenvalue weighted by atomic mass is 10.1. The van der Waals surface area contributed by atoms with Gasteiger partial charge in [0.25, 0.3) is 5.91 Å². The van der Waals surface area contributed by atoms with Crippen LogP contribution in [0.2, 0.25) is 0 Å². The highest BCUT2D eigenvalue weighted by Crippen LogP contribution is 2.20. The van der Waals surface area contributed by atoms with Crippen molar-refractivity contribution >= 4 is 21.6 Å². The molecule has 6 heteroatoms. The minimum Gasteiger partial charge on any atom is -0.339 e. The molecule has 1 fully saturated rings. The molecule has 0 aliphatic carbocycles. The van der Waals surface area contributed by atoms with Crippen LogP contribution >= 0.6 is 0 Å². The summed E-state index contributed by atoms with van der Waals surface area (Å²) in [6.07, 6.45) is 4.24. The summed E-state index contributed by atoms with van der Waals surface area (Å²) >= 11 is 0. The number of anilines is 1. The molecule has 1 heterocycles. The first-order valence-corrected chi connectivity index (χ1v) is 8.22. The number of likely N-dealkylation sites (tertiary alicyclic amines) is 1. The van der Waals surface area contributed by atoms with Crippen LogP contribution in [0.5, 0.6) is 0 Å². The SMILES string of the molecule is CS(=O)(=O)Nc1ccccc1C(=O)N1CCCCC1. The van der Waals surface area contributed by atoms with Gasteiger partial charge in [-0.25, -0.2) is 8.42 Å². The lowest BCUT2D eigenvalue weighted by Crippen LogP contribution is -2.36. The van der Waals surface area contributed by atoms with E-state index >= 15 is 0 Å². The number of amides is 1. The Morgan fingerprint density at radius 2 is 1.79 bits per heavy atom. The number of hydrogen-bond acceptors (Lipinski definition) is 3. The van der Waals surface area contributed by atoms with Crippen molar-refractivity contribution in [2.75, 3.05) is 24.1 Å². The van der Waals surface area contributed by atoms with Crippen LogP contribution in [-0.2, 0) is 10.0 Å². The van der Waals surface area contributed by atoms with Crippen LogP contribution in [0, 0.1) is 0 Å². The van der Waals surface area contributed by atoms with Gasteiger partial charge >= 0.3 is 0 Å². The van der Waals surface area contributed by atoms with E-state index in [-0.39, 0.29) is 5.91 Å². The Kier molecular flexibility index (Phi) is 4.09. The lowest BCUT2D eigenvalue weighted by molar-refractivity contribution is 0.0725. The predicted molar refractivity (Wildman–Crippen MR) is 74.7 cm³/mol. The number of carbonyl (C=O) groups is 1. The highest BCUT2D eigenvalue weighted by Gasteiger charge is 2.21. The molecule has 1 N–H and O–H groups in total. The molecule has 0 bridgehead atoms. The molecular formula is C13H18N2O3S. The summed E-state index contributed by atoms with van der Waals surface area (Å²) < 4.78 is 25.0. The Morgan fingerprint density at radius 3 is 2.42 bits per heavy atom. The summed E-state index contributed by atoms with van der Waals surface area (Å²) in [5, 5.41) is 0. The second-order valence-electron chi connectivity index (χ2n) is 4.77. The second kappa shape index (κ2) is 5.61. The smallest absolute Gasteiger partial charge is 0.255 e. The number of hydrogen-bond donors (Lipinski definition) is 1. The average molecular weight is 282 g/mol. The Hall–Kier alpha value is -1.56. The van der Waals surface area contributed by atoms with Gasteiger partial charge in [0.1, 0.15) is 0 Å². The zero-order valence-electron chi connectivity index (χ0n) is 10.9. The van der Waals surface area contributed by atoms with Gasteiger partial charge < -0.3 is 4.90 Å². The Balaban J connectivity index is 2.26. The second-order valence-corrected chi connectivity index (χ2v) is 6.52. The molecule has 0 spiro atoms. The van der Waals surface area contributed by atoms with Crippen molar-refractivity contribution in [3.8, 4) is 0 Å². The predicted octanol–water partition coefficient (Wildman–Crippen LogP) is 1.68. The monoisotopic (exact) mass is 282 g/mol. The van der Waals surface area contributed by atoms with Crippen molar-refractivity contribution in [1.82, 2.24) is 4.90 Å². The third-order valence-corrected chi connectivity index (χ3v) is 3.69. The van der Waals surface area contributed by atoms with Crippen LogP contribution in [0.15, 0.2) is 24.3 Å². The molecule has 1 aliphatic heterocycles. The number of piperidine rings is 1. The van der Waals surface area contributed by atoms with Gasteiger partial charge in [0.2, 0.25) is 10.0 Å². The Labute approximate surface area is 113 Å². The molecule has 1 amide bonds. The van der Waals surface area contributed by atoms with Crippen LogP contribution in [0.3, 0.4) is 0 Å². The van der Waals surface area contributed by atoms with Crippen molar-refractivity contribution < 1.29 is 13.2 Å². The van der Waals surface area contributed by atoms with Crippen LogP contribution in [0.4, 0.5) is 5.69 Å². The number of carbonyl (C=O) groups excluding carboxylic acids is 1. The van der Waals surface area contributed by atoms with Gasteiger partial charge in [-0.05, 0) is 31.4 Å². The first-order chi connectivity index (χ1) is 8.97. The van der Waals surface area contributed by atoms with E-state index in [1.807, 2.05) is 0 Å². The van der Waals surface area contributed by atoms with Gasteiger partial charge in [0.15, 0.2) is 0 Å². The number of benzene rings is 1. The number of nitrogens with zero attached hydrogens (tertiary/aromatic N) is 1. The molecule has 2 rings (SSSR count). The minimum atomic E-state index is -3.38. The fourth-order valence-corrected chi connectivity index (χ4v) is 2.80. The van der Waals surface area contributed by atoms with Crippen LogP contribution < -0.4 is 4.72 Å². The van der Waals surface area contributed by atoms with E-state index in [9.17, 15) is 13.2 Å². The van der Waals surface area contributed by atoms with Crippen LogP contribution in [-0.4, -0.2) is 38.6 Å². The van der Waals surface area contributed by atoms with E-state index in [2.05, 4.69) is 4.72 Å². The van der Waals surface area contributed by atoms with Crippen LogP contribution in [0.25, 0.3) is 0 Å². The van der Waals surface area contributed by atoms with Crippen molar-refractivity contribution in [2.45, 2.75) is 19.3 Å². The summed E-state index contributed by atoms with van der Waals surface area (Å²) in [5.74, 6) is -0.105. The van der Waals surface area contributed by atoms with E-state index in [4.69, 9.17) is 0 Å². The van der Waals surface area contributed by atoms with Crippen molar-refractivity contribution in [1.29, 1.82) is 0 Å². The Morgan fingerprint density at radius 1 is 1.16 bits per heavy atom. The zero-order chi connectivity index (χ0) is 13.9. The van der Waals surface area contributed by atoms with Gasteiger partial charge in [-0.15, -0.1) is 0 Å². The number of rotatable bonds is 3. The van der Waals surface area contributed by atoms with Crippen molar-refractivity contribution in [2.24, 2.45) is 0 Å². The van der Waals surface area contributed by atoms with E-state index < -0.39 is 10.0 Å². The summed E-state index contributed by atoms with van der Waals surface area (Å²) in [4.78, 5) is 14.2. The molecule has 0 aromatic heterocycles. The first-order valence-electron chi connectivity index (χ1n) is 6.33. The molecule has 0 unspecified atom stereocenters. The van der Waals surface area contributed by atoms with E-state index in [0.717, 1.165) is 38.6 Å². The normalized spacial score (nSPS) is 16.2. The maximum Gasteiger partial charge on any atom is 0.255 e. The van der Waals surface area contributed by atoms with Crippen molar-refractivity contribution in [3.63, 3.8) is 0 Å². The first kappa shape index (κ1) is 13.9. The fourth-order valence-electron chi connectivity index (χ4n) is 2.23. The van der Waals surface area contributed by atoms with Gasteiger partial charge in [0.05, 0.1) is 17.5 Å². The molecule has 1 saturated heterocycles. The van der Waals surface area contributed by atoms with Crippen molar-refractivity contribution in [3.05, 3.63) is 29.8 Å². The maximum absolute atomic E-state index is 12.4. The molecule has 1 aromatic carbocycles. The topological polar surface area (TPSA) is 66.5 Å². The highest BCUT2D eigenvalue weighted by molar-refractivity contribution is 7.92. The molecule has 0 atom stereocenters. The third-order valence-electron chi connectivity index (χ3n) is 3.10. The number of nitrogens with one attached hydrogen (secondary N) is 1. The summed E-state index contributed by atoms with van der Waals surface area (Å²) in [6.45, 7) is 1.48. The average Bonchev–Trinajstić information content (AvgIpc) is 2.38. The molecule has 19 heavy (non-hydrogen) atoms. The minimum absolute atomic E-state index is 0.105. The van der Waals surface area contributed by atoms with Gasteiger partial charge in [-0.1, -0.05) is 12.1 Å². The van der Waals surface area contributed by atoms with Gasteiger partial charge in [-0.2, -0.15) is 0 Å². The maximum atomic E-state index is 12.4. The fraction of sp³-hybridized carbons (Fsp3) is 0.462. The summed E-state index contributed by atoms with van der Waals surface area (Å²) in [7, 11) is -3.38. The molecule has 1 aromatic rings. The van der Waals surface area contributed by atoms with Gasteiger partial charge in [-0.3, -0.25) is 9.52 Å². The highest BCUT2D eigenvalue weighted by atomic mass is 32.2. The summed E-state index contributed by atoms with van der Waals surface area (Å²) in [5.41, 5.74) is 0.760. The van der Waals surface area contributed by atoms with Crippen LogP contribution in [0.1, 0.15) is 29.6 Å².